The molecular formula is C27H32N4S. The van der Waals surface area contributed by atoms with Gasteiger partial charge in [-0.15, -0.1) is 0 Å². The van der Waals surface area contributed by atoms with Gasteiger partial charge in [-0.25, -0.2) is 0 Å². The number of hydrogen-bond donors (Lipinski definition) is 1. The van der Waals surface area contributed by atoms with E-state index in [4.69, 9.17) is 17.2 Å². The molecule has 0 radical (unpaired) electrons. The molecule has 0 amide bonds. The van der Waals surface area contributed by atoms with Crippen molar-refractivity contribution in [1.29, 1.82) is 0 Å². The Kier molecular flexibility index (Phi) is 5.76. The molecule has 1 aliphatic carbocycles. The van der Waals surface area contributed by atoms with E-state index >= 15 is 0 Å². The highest BCUT2D eigenvalue weighted by atomic mass is 32.1. The van der Waals surface area contributed by atoms with E-state index in [2.05, 4.69) is 78.0 Å². The van der Waals surface area contributed by atoms with Gasteiger partial charge >= 0.3 is 0 Å². The van der Waals surface area contributed by atoms with Gasteiger partial charge in [0.15, 0.2) is 5.11 Å². The zero-order valence-corrected chi connectivity index (χ0v) is 20.0. The van der Waals surface area contributed by atoms with Crippen LogP contribution in [0.4, 0.5) is 0 Å². The fourth-order valence-electron chi connectivity index (χ4n) is 5.64. The van der Waals surface area contributed by atoms with Crippen LogP contribution < -0.4 is 5.32 Å². The van der Waals surface area contributed by atoms with Crippen LogP contribution in [-0.4, -0.2) is 25.6 Å². The monoisotopic (exact) mass is 444 g/mol. The first kappa shape index (κ1) is 21.2. The SMILES string of the molecule is CCc1ccc(-n2c(C)cc([C@@H]3[C@@H](c4ccccn4)NC(=S)N3C3CCCC3)c2C)cc1. The third-order valence-electron chi connectivity index (χ3n) is 7.25. The Hall–Kier alpha value is -2.66. The summed E-state index contributed by atoms with van der Waals surface area (Å²) in [5, 5.41) is 4.51. The lowest BCUT2D eigenvalue weighted by Gasteiger charge is -2.33. The van der Waals surface area contributed by atoms with Crippen molar-refractivity contribution in [3.63, 3.8) is 0 Å². The smallest absolute Gasteiger partial charge is 0.170 e. The topological polar surface area (TPSA) is 33.1 Å². The minimum absolute atomic E-state index is 0.0562. The van der Waals surface area contributed by atoms with Crippen molar-refractivity contribution in [3.05, 3.63) is 82.9 Å². The third kappa shape index (κ3) is 3.62. The first-order chi connectivity index (χ1) is 15.6. The summed E-state index contributed by atoms with van der Waals surface area (Å²) in [7, 11) is 0. The molecule has 3 heterocycles. The molecule has 5 rings (SSSR count). The van der Waals surface area contributed by atoms with Gasteiger partial charge < -0.3 is 14.8 Å². The number of aryl methyl sites for hydroxylation is 2. The number of pyridine rings is 1. The predicted octanol–water partition coefficient (Wildman–Crippen LogP) is 5.97. The maximum Gasteiger partial charge on any atom is 0.170 e. The van der Waals surface area contributed by atoms with Gasteiger partial charge in [0.05, 0.1) is 17.8 Å². The highest BCUT2D eigenvalue weighted by Crippen LogP contribution is 2.44. The number of nitrogens with one attached hydrogen (secondary N) is 1. The molecule has 2 aliphatic rings. The minimum atomic E-state index is 0.0562. The Labute approximate surface area is 196 Å². The molecule has 32 heavy (non-hydrogen) atoms. The van der Waals surface area contributed by atoms with Gasteiger partial charge in [-0.3, -0.25) is 4.98 Å². The fraction of sp³-hybridized carbons (Fsp3) is 0.407. The second-order valence-corrected chi connectivity index (χ2v) is 9.54. The van der Waals surface area contributed by atoms with Gasteiger partial charge in [-0.1, -0.05) is 38.0 Å². The zero-order valence-electron chi connectivity index (χ0n) is 19.2. The lowest BCUT2D eigenvalue weighted by atomic mass is 9.95. The second kappa shape index (κ2) is 8.70. The van der Waals surface area contributed by atoms with Gasteiger partial charge in [0.1, 0.15) is 0 Å². The number of benzene rings is 1. The van der Waals surface area contributed by atoms with Crippen molar-refractivity contribution in [2.24, 2.45) is 0 Å². The van der Waals surface area contributed by atoms with Crippen LogP contribution in [0, 0.1) is 13.8 Å². The van der Waals surface area contributed by atoms with Crippen molar-refractivity contribution in [1.82, 2.24) is 19.8 Å². The standard InChI is InChI=1S/C27H32N4S/c1-4-20-12-14-22(15-13-20)30-18(2)17-23(19(30)3)26-25(24-11-7-8-16-28-24)29-27(32)31(26)21-9-5-6-10-21/h7-8,11-17,21,25-26H,4-6,9-10H2,1-3H3,(H,29,32)/t25-,26-/m1/s1. The molecule has 3 aromatic rings. The van der Waals surface area contributed by atoms with E-state index in [9.17, 15) is 0 Å². The molecule has 2 atom stereocenters. The van der Waals surface area contributed by atoms with Crippen LogP contribution in [-0.2, 0) is 6.42 Å². The van der Waals surface area contributed by atoms with Crippen molar-refractivity contribution in [3.8, 4) is 5.69 Å². The molecule has 1 saturated heterocycles. The first-order valence-electron chi connectivity index (χ1n) is 11.9. The lowest BCUT2D eigenvalue weighted by Crippen LogP contribution is -2.37. The van der Waals surface area contributed by atoms with Crippen molar-refractivity contribution in [2.75, 3.05) is 0 Å². The van der Waals surface area contributed by atoms with Gasteiger partial charge in [-0.05, 0) is 86.8 Å². The zero-order chi connectivity index (χ0) is 22.2. The highest BCUT2D eigenvalue weighted by molar-refractivity contribution is 7.80. The van der Waals surface area contributed by atoms with Gasteiger partial charge in [0, 0.05) is 29.3 Å². The predicted molar refractivity (Wildman–Crippen MR) is 134 cm³/mol. The van der Waals surface area contributed by atoms with Crippen LogP contribution in [0.15, 0.2) is 54.7 Å². The summed E-state index contributed by atoms with van der Waals surface area (Å²) >= 11 is 5.92. The number of thiocarbonyl (C=S) groups is 1. The first-order valence-corrected chi connectivity index (χ1v) is 12.3. The summed E-state index contributed by atoms with van der Waals surface area (Å²) in [6.45, 7) is 6.66. The Morgan fingerprint density at radius 3 is 2.47 bits per heavy atom. The Bertz CT molecular complexity index is 1100. The summed E-state index contributed by atoms with van der Waals surface area (Å²) in [6.07, 6.45) is 7.94. The Morgan fingerprint density at radius 2 is 1.81 bits per heavy atom. The largest absolute Gasteiger partial charge is 0.352 e. The number of rotatable bonds is 5. The van der Waals surface area contributed by atoms with E-state index in [0.29, 0.717) is 6.04 Å². The average Bonchev–Trinajstić information content (AvgIpc) is 3.52. The molecule has 0 bridgehead atoms. The molecule has 2 fully saturated rings. The lowest BCUT2D eigenvalue weighted by molar-refractivity contribution is 0.245. The normalized spacial score (nSPS) is 21.3. The van der Waals surface area contributed by atoms with Gasteiger partial charge in [-0.2, -0.15) is 0 Å². The van der Waals surface area contributed by atoms with E-state index in [1.165, 1.54) is 53.9 Å². The molecule has 0 spiro atoms. The van der Waals surface area contributed by atoms with E-state index in [0.717, 1.165) is 17.2 Å². The van der Waals surface area contributed by atoms with E-state index in [1.807, 2.05) is 12.3 Å². The van der Waals surface area contributed by atoms with E-state index < -0.39 is 0 Å². The number of aromatic nitrogens is 2. The summed E-state index contributed by atoms with van der Waals surface area (Å²) in [5.74, 6) is 0. The van der Waals surface area contributed by atoms with Crippen LogP contribution in [0.2, 0.25) is 0 Å². The molecule has 2 aromatic heterocycles. The maximum absolute atomic E-state index is 5.92. The van der Waals surface area contributed by atoms with Crippen molar-refractivity contribution >= 4 is 17.3 Å². The van der Waals surface area contributed by atoms with Crippen molar-refractivity contribution in [2.45, 2.75) is 71.0 Å². The van der Waals surface area contributed by atoms with Crippen LogP contribution >= 0.6 is 12.2 Å². The molecule has 0 unspecified atom stereocenters. The molecule has 1 saturated carbocycles. The number of nitrogens with zero attached hydrogens (tertiary/aromatic N) is 3. The summed E-state index contributed by atoms with van der Waals surface area (Å²) in [5.41, 5.74) is 7.52. The highest BCUT2D eigenvalue weighted by Gasteiger charge is 2.44. The molecule has 1 N–H and O–H groups in total. The van der Waals surface area contributed by atoms with Crippen LogP contribution in [0.3, 0.4) is 0 Å². The van der Waals surface area contributed by atoms with E-state index in [1.54, 1.807) is 0 Å². The summed E-state index contributed by atoms with van der Waals surface area (Å²) in [6, 6.07) is 18.2. The van der Waals surface area contributed by atoms with Gasteiger partial charge in [0.2, 0.25) is 0 Å². The van der Waals surface area contributed by atoms with Crippen molar-refractivity contribution < 1.29 is 0 Å². The molecule has 1 aromatic carbocycles. The molecule has 166 valence electrons. The van der Waals surface area contributed by atoms with Crippen LogP contribution in [0.25, 0.3) is 5.69 Å². The molecule has 1 aliphatic heterocycles. The minimum Gasteiger partial charge on any atom is -0.352 e. The van der Waals surface area contributed by atoms with Crippen LogP contribution in [0.1, 0.15) is 72.9 Å². The van der Waals surface area contributed by atoms with Crippen LogP contribution in [0.5, 0.6) is 0 Å². The second-order valence-electron chi connectivity index (χ2n) is 9.15. The summed E-state index contributed by atoms with van der Waals surface area (Å²) in [4.78, 5) is 7.21. The third-order valence-corrected chi connectivity index (χ3v) is 7.57. The molecule has 5 heteroatoms. The Balaban J connectivity index is 1.61. The number of hydrogen-bond acceptors (Lipinski definition) is 2. The molecular weight excluding hydrogens is 412 g/mol. The molecule has 4 nitrogen and oxygen atoms in total. The fourth-order valence-corrected chi connectivity index (χ4v) is 6.03. The maximum atomic E-state index is 5.92. The average molecular weight is 445 g/mol. The van der Waals surface area contributed by atoms with E-state index in [-0.39, 0.29) is 12.1 Å². The Morgan fingerprint density at radius 1 is 1.06 bits per heavy atom. The quantitative estimate of drug-likeness (QED) is 0.492. The van der Waals surface area contributed by atoms with Gasteiger partial charge in [0.25, 0.3) is 0 Å². The summed E-state index contributed by atoms with van der Waals surface area (Å²) < 4.78 is 2.39.